The molecule has 0 radical (unpaired) electrons. The summed E-state index contributed by atoms with van der Waals surface area (Å²) in [6, 6.07) is 5.39. The summed E-state index contributed by atoms with van der Waals surface area (Å²) in [5.74, 6) is 2.58. The van der Waals surface area contributed by atoms with Crippen LogP contribution in [0, 0.1) is 5.92 Å². The summed E-state index contributed by atoms with van der Waals surface area (Å²) in [6.45, 7) is 7.34. The molecule has 0 aromatic carbocycles. The molecule has 4 aromatic rings. The predicted molar refractivity (Wildman–Crippen MR) is 158 cm³/mol. The lowest BCUT2D eigenvalue weighted by atomic mass is 9.97. The number of morpholine rings is 1. The van der Waals surface area contributed by atoms with Gasteiger partial charge in [-0.1, -0.05) is 0 Å². The van der Waals surface area contributed by atoms with Gasteiger partial charge in [0, 0.05) is 71.3 Å². The molecule has 7 rings (SSSR count). The molecule has 0 amide bonds. The van der Waals surface area contributed by atoms with Crippen molar-refractivity contribution in [1.82, 2.24) is 38.8 Å². The summed E-state index contributed by atoms with van der Waals surface area (Å²) in [5, 5.41) is 4.39. The van der Waals surface area contributed by atoms with Gasteiger partial charge in [-0.3, -0.25) is 9.88 Å². The highest BCUT2D eigenvalue weighted by atomic mass is 32.2. The number of sulfonamides is 1. The highest BCUT2D eigenvalue weighted by Gasteiger charge is 2.32. The van der Waals surface area contributed by atoms with Crippen LogP contribution in [0.1, 0.15) is 12.8 Å². The van der Waals surface area contributed by atoms with Gasteiger partial charge in [0.25, 0.3) is 5.78 Å². The lowest BCUT2D eigenvalue weighted by Crippen LogP contribution is -2.50. The summed E-state index contributed by atoms with van der Waals surface area (Å²) in [5.41, 5.74) is 6.97. The number of pyridine rings is 1. The molecule has 43 heavy (non-hydrogen) atoms. The Kier molecular flexibility index (Phi) is 7.58. The van der Waals surface area contributed by atoms with Gasteiger partial charge >= 0.3 is 0 Å². The van der Waals surface area contributed by atoms with E-state index in [0.29, 0.717) is 55.5 Å². The molecule has 3 aliphatic heterocycles. The van der Waals surface area contributed by atoms with Gasteiger partial charge in [0.05, 0.1) is 25.2 Å². The molecule has 0 spiro atoms. The molecule has 0 saturated carbocycles. The van der Waals surface area contributed by atoms with Crippen molar-refractivity contribution in [3.63, 3.8) is 0 Å². The Labute approximate surface area is 249 Å². The zero-order chi connectivity index (χ0) is 29.4. The molecule has 3 saturated heterocycles. The third kappa shape index (κ3) is 5.62. The Morgan fingerprint density at radius 3 is 2.60 bits per heavy atom. The molecule has 7 heterocycles. The van der Waals surface area contributed by atoms with Crippen molar-refractivity contribution in [1.29, 1.82) is 0 Å². The highest BCUT2D eigenvalue weighted by molar-refractivity contribution is 7.89. The number of anilines is 3. The Morgan fingerprint density at radius 2 is 1.81 bits per heavy atom. The Balaban J connectivity index is 0.991. The Hall–Kier alpha value is -3.86. The Bertz CT molecular complexity index is 1670. The van der Waals surface area contributed by atoms with Crippen molar-refractivity contribution in [3.05, 3.63) is 36.9 Å². The van der Waals surface area contributed by atoms with Gasteiger partial charge in [-0.15, -0.1) is 5.10 Å². The fourth-order valence-electron chi connectivity index (χ4n) is 6.14. The van der Waals surface area contributed by atoms with Crippen LogP contribution >= 0.6 is 0 Å². The first-order valence-electron chi connectivity index (χ1n) is 14.6. The molecular weight excluding hydrogens is 574 g/mol. The van der Waals surface area contributed by atoms with Gasteiger partial charge in [-0.2, -0.15) is 23.8 Å². The minimum absolute atomic E-state index is 0.231. The SMILES string of the molecule is Nc1nc(N2CCCC(CN3CCN(c4ccncc4S(=O)(=O)N4CCOCC4)CC3)C2)nc2nc(-c3ccco3)nn12. The van der Waals surface area contributed by atoms with Crippen molar-refractivity contribution in [2.45, 2.75) is 17.7 Å². The molecule has 1 unspecified atom stereocenters. The van der Waals surface area contributed by atoms with Gasteiger partial charge in [0.2, 0.25) is 27.7 Å². The second-order valence-electron chi connectivity index (χ2n) is 11.1. The van der Waals surface area contributed by atoms with Crippen molar-refractivity contribution in [2.75, 3.05) is 87.7 Å². The molecule has 1 atom stereocenters. The van der Waals surface area contributed by atoms with Crippen LogP contribution < -0.4 is 15.5 Å². The number of nitrogens with two attached hydrogens (primary N) is 1. The van der Waals surface area contributed by atoms with Crippen LogP contribution in [0.5, 0.6) is 0 Å². The lowest BCUT2D eigenvalue weighted by Gasteiger charge is -2.40. The zero-order valence-electron chi connectivity index (χ0n) is 23.8. The number of aromatic nitrogens is 6. The summed E-state index contributed by atoms with van der Waals surface area (Å²) in [4.78, 5) is 25.0. The van der Waals surface area contributed by atoms with E-state index < -0.39 is 10.0 Å². The van der Waals surface area contributed by atoms with E-state index in [4.69, 9.17) is 14.9 Å². The summed E-state index contributed by atoms with van der Waals surface area (Å²) >= 11 is 0. The number of rotatable bonds is 7. The fourth-order valence-corrected chi connectivity index (χ4v) is 7.70. The van der Waals surface area contributed by atoms with Crippen LogP contribution in [0.25, 0.3) is 17.4 Å². The monoisotopic (exact) mass is 609 g/mol. The third-order valence-electron chi connectivity index (χ3n) is 8.34. The van der Waals surface area contributed by atoms with Crippen LogP contribution in [-0.2, 0) is 14.8 Å². The van der Waals surface area contributed by atoms with Crippen molar-refractivity contribution >= 4 is 33.4 Å². The average Bonchev–Trinajstić information content (AvgIpc) is 3.73. The number of hydrogen-bond acceptors (Lipinski definition) is 13. The maximum absolute atomic E-state index is 13.4. The Morgan fingerprint density at radius 1 is 0.977 bits per heavy atom. The number of ether oxygens (including phenoxy) is 1. The van der Waals surface area contributed by atoms with Crippen molar-refractivity contribution in [2.24, 2.45) is 5.92 Å². The zero-order valence-corrected chi connectivity index (χ0v) is 24.6. The van der Waals surface area contributed by atoms with E-state index in [1.165, 1.54) is 15.0 Å². The van der Waals surface area contributed by atoms with E-state index >= 15 is 0 Å². The van der Waals surface area contributed by atoms with Crippen LogP contribution in [0.2, 0.25) is 0 Å². The van der Waals surface area contributed by atoms with E-state index in [1.54, 1.807) is 24.6 Å². The third-order valence-corrected chi connectivity index (χ3v) is 10.3. The van der Waals surface area contributed by atoms with Gasteiger partial charge < -0.3 is 24.7 Å². The maximum Gasteiger partial charge on any atom is 0.259 e. The number of piperazine rings is 1. The minimum atomic E-state index is -3.64. The number of piperidine rings is 1. The maximum atomic E-state index is 13.4. The van der Waals surface area contributed by atoms with E-state index in [1.807, 2.05) is 6.07 Å². The normalized spacial score (nSPS) is 21.1. The molecule has 3 fully saturated rings. The van der Waals surface area contributed by atoms with Crippen LogP contribution in [0.3, 0.4) is 0 Å². The van der Waals surface area contributed by atoms with Gasteiger partial charge in [0.15, 0.2) is 5.76 Å². The van der Waals surface area contributed by atoms with Crippen LogP contribution in [0.4, 0.5) is 17.6 Å². The largest absolute Gasteiger partial charge is 0.461 e. The molecule has 4 aromatic heterocycles. The van der Waals surface area contributed by atoms with Crippen LogP contribution in [0.15, 0.2) is 46.2 Å². The van der Waals surface area contributed by atoms with Gasteiger partial charge in [0.1, 0.15) is 4.90 Å². The fraction of sp³-hybridized carbons (Fsp3) is 0.519. The van der Waals surface area contributed by atoms with E-state index in [2.05, 4.69) is 39.7 Å². The molecule has 228 valence electrons. The highest BCUT2D eigenvalue weighted by Crippen LogP contribution is 2.29. The topological polar surface area (TPSA) is 164 Å². The van der Waals surface area contributed by atoms with Crippen molar-refractivity contribution < 1.29 is 17.6 Å². The molecule has 3 aliphatic rings. The minimum Gasteiger partial charge on any atom is -0.461 e. The first-order chi connectivity index (χ1) is 21.0. The molecule has 16 heteroatoms. The van der Waals surface area contributed by atoms with E-state index in [-0.39, 0.29) is 10.8 Å². The smallest absolute Gasteiger partial charge is 0.259 e. The average molecular weight is 610 g/mol. The molecule has 15 nitrogen and oxygen atoms in total. The molecule has 0 bridgehead atoms. The number of fused-ring (bicyclic) bond motifs is 1. The predicted octanol–water partition coefficient (Wildman–Crippen LogP) is 0.816. The standard InChI is InChI=1S/C27H35N11O4S/c28-25-31-26(32-27-30-24(33-38(25)27)22-4-2-14-42-22)36-7-1-3-20(19-36)18-34-8-10-35(11-9-34)21-5-6-29-17-23(21)43(39,40)37-12-15-41-16-13-37/h2,4-6,14,17,20H,1,3,7-13,15-16,18-19H2,(H2,28,30,31,32,33). The van der Waals surface area contributed by atoms with E-state index in [0.717, 1.165) is 64.3 Å². The summed E-state index contributed by atoms with van der Waals surface area (Å²) < 4.78 is 40.6. The molecule has 2 N–H and O–H groups in total. The molecular formula is C27H35N11O4S. The summed E-state index contributed by atoms with van der Waals surface area (Å²) in [7, 11) is -3.64. The second-order valence-corrected chi connectivity index (χ2v) is 13.0. The molecule has 0 aliphatic carbocycles. The second kappa shape index (κ2) is 11.7. The first kappa shape index (κ1) is 27.9. The van der Waals surface area contributed by atoms with E-state index in [9.17, 15) is 8.42 Å². The number of furan rings is 1. The first-order valence-corrected chi connectivity index (χ1v) is 16.1. The van der Waals surface area contributed by atoms with Gasteiger partial charge in [-0.05, 0) is 37.0 Å². The quantitative estimate of drug-likeness (QED) is 0.313. The number of nitrogen functional groups attached to an aromatic ring is 1. The summed E-state index contributed by atoms with van der Waals surface area (Å²) in [6.07, 6.45) is 6.87. The van der Waals surface area contributed by atoms with Gasteiger partial charge in [-0.25, -0.2) is 8.42 Å². The van der Waals surface area contributed by atoms with Crippen LogP contribution in [-0.4, -0.2) is 119 Å². The number of nitrogens with zero attached hydrogens (tertiary/aromatic N) is 10. The van der Waals surface area contributed by atoms with Crippen molar-refractivity contribution in [3.8, 4) is 11.6 Å². The lowest BCUT2D eigenvalue weighted by molar-refractivity contribution is 0.0730. The number of hydrogen-bond donors (Lipinski definition) is 1.